The molecule has 186 valence electrons. The lowest BCUT2D eigenvalue weighted by atomic mass is 9.73. The molecule has 0 N–H and O–H groups in total. The number of fused-ring (bicyclic) bond motifs is 3. The number of thiophene rings is 1. The normalized spacial score (nSPS) is 50.6. The molecular weight excluding hydrogens is 470 g/mol. The zero-order valence-electron chi connectivity index (χ0n) is 47.6. The Morgan fingerprint density at radius 3 is 2.51 bits per heavy atom. The molecule has 3 aromatic carbocycles. The highest BCUT2D eigenvalue weighted by Crippen LogP contribution is 2.49. The summed E-state index contributed by atoms with van der Waals surface area (Å²) < 4.78 is 260. The Kier molecular flexibility index (Phi) is 2.08. The van der Waals surface area contributed by atoms with Crippen LogP contribution >= 0.6 is 11.3 Å². The largest absolute Gasteiger partial charge is 0.139 e. The molecule has 0 radical (unpaired) electrons. The van der Waals surface area contributed by atoms with Crippen molar-refractivity contribution in [2.75, 3.05) is 0 Å². The summed E-state index contributed by atoms with van der Waals surface area (Å²) in [5.41, 5.74) is -7.29. The lowest BCUT2D eigenvalue weighted by Gasteiger charge is -2.32. The molecule has 2 aromatic heterocycles. The summed E-state index contributed by atoms with van der Waals surface area (Å²) in [5, 5.41) is 10.3. The summed E-state index contributed by atoms with van der Waals surface area (Å²) in [7, 11) is 0. The van der Waals surface area contributed by atoms with Crippen LogP contribution in [-0.4, -0.2) is 15.4 Å². The second kappa shape index (κ2) is 9.98. The van der Waals surface area contributed by atoms with Crippen molar-refractivity contribution in [3.63, 3.8) is 0 Å². The number of hydrogen-bond acceptors (Lipinski definition) is 4. The third-order valence-corrected chi connectivity index (χ3v) is 6.68. The van der Waals surface area contributed by atoms with E-state index in [2.05, 4.69) is 15.4 Å². The summed E-state index contributed by atoms with van der Waals surface area (Å²) in [6.07, 6.45) is -39.5. The van der Waals surface area contributed by atoms with Crippen molar-refractivity contribution in [2.24, 2.45) is 0 Å². The molecule has 0 saturated heterocycles. The number of nitrogens with zero attached hydrogens (tertiary/aromatic N) is 3. The van der Waals surface area contributed by atoms with Gasteiger partial charge in [0.15, 0.2) is 0 Å². The van der Waals surface area contributed by atoms with Crippen LogP contribution in [0.25, 0.3) is 42.6 Å². The number of benzene rings is 3. The van der Waals surface area contributed by atoms with Gasteiger partial charge in [-0.15, -0.1) is 21.5 Å². The van der Waals surface area contributed by atoms with Gasteiger partial charge in [-0.1, -0.05) is 80.5 Å². The molecule has 4 atom stereocenters. The zero-order chi connectivity index (χ0) is 50.4. The van der Waals surface area contributed by atoms with E-state index in [0.29, 0.717) is 11.3 Å². The summed E-state index contributed by atoms with van der Waals surface area (Å²) in [6.45, 7) is 0. The minimum atomic E-state index is -4.43. The van der Waals surface area contributed by atoms with Gasteiger partial charge in [0.05, 0.1) is 24.2 Å². The van der Waals surface area contributed by atoms with Crippen LogP contribution < -0.4 is 0 Å². The Balaban J connectivity index is 1.91. The van der Waals surface area contributed by atoms with Gasteiger partial charge in [0.1, 0.15) is 0 Å². The third kappa shape index (κ3) is 4.16. The van der Waals surface area contributed by atoms with Gasteiger partial charge in [0.2, 0.25) is 0 Å². The van der Waals surface area contributed by atoms with Crippen LogP contribution in [0.5, 0.6) is 0 Å². The van der Waals surface area contributed by atoms with Crippen LogP contribution in [0.15, 0.2) is 66.6 Å². The molecule has 2 aliphatic carbocycles. The van der Waals surface area contributed by atoms with E-state index in [1.807, 2.05) is 0 Å². The molecule has 7 rings (SSSR count). The first-order valence-corrected chi connectivity index (χ1v) is 11.6. The third-order valence-electron chi connectivity index (χ3n) is 5.65. The topological polar surface area (TPSA) is 38.7 Å². The maximum atomic E-state index is 10.1. The SMILES string of the molecule is [2H]c1c([2H])c(-c2c([2H])c([2H])c3sc4c([2H])c([2H])c([2H])c([2H])c4c3c2-c2ccnnn2)c(C2([2H])C([2H])C([2H])([2H])C([2H])([2H])C([2H])([2H])C2([2H])[2H])c(C2([2H])C([2H])C([2H])([2H])C([2H])([2H])C([2H])([2H])C2([2H])[2H])c1[2H]. The molecular formula is C33H33N3S. The van der Waals surface area contributed by atoms with E-state index < -0.39 is 174 Å². The average Bonchev–Trinajstić information content (AvgIpc) is 3.64. The lowest BCUT2D eigenvalue weighted by molar-refractivity contribution is 0.419. The first kappa shape index (κ1) is 7.72. The lowest BCUT2D eigenvalue weighted by Crippen LogP contribution is -2.14. The van der Waals surface area contributed by atoms with Gasteiger partial charge in [-0.05, 0) is 82.9 Å². The van der Waals surface area contributed by atoms with Crippen molar-refractivity contribution in [1.82, 2.24) is 15.4 Å². The van der Waals surface area contributed by atoms with Crippen LogP contribution in [0.1, 0.15) is 126 Å². The molecule has 4 heteroatoms. The van der Waals surface area contributed by atoms with Crippen molar-refractivity contribution in [1.29, 1.82) is 0 Å². The maximum absolute atomic E-state index is 10.1. The van der Waals surface area contributed by atoms with E-state index in [0.717, 1.165) is 12.3 Å². The molecule has 3 nitrogen and oxygen atoms in total. The Hall–Kier alpha value is -3.11. The highest BCUT2D eigenvalue weighted by molar-refractivity contribution is 7.26. The molecule has 0 amide bonds. The minimum absolute atomic E-state index is 0.245. The van der Waals surface area contributed by atoms with E-state index >= 15 is 0 Å². The fourth-order valence-electron chi connectivity index (χ4n) is 4.16. The monoisotopic (exact) mass is 532 g/mol. The van der Waals surface area contributed by atoms with Crippen molar-refractivity contribution < 1.29 is 39.8 Å². The molecule has 2 aliphatic rings. The van der Waals surface area contributed by atoms with Gasteiger partial charge in [0.25, 0.3) is 0 Å². The number of hydrogen-bond donors (Lipinski definition) is 0. The summed E-state index contributed by atoms with van der Waals surface area (Å²) in [4.78, 5) is 0. The Morgan fingerprint density at radius 1 is 0.811 bits per heavy atom. The van der Waals surface area contributed by atoms with Gasteiger partial charge in [-0.3, -0.25) is 0 Å². The van der Waals surface area contributed by atoms with Gasteiger partial charge < -0.3 is 0 Å². The predicted octanol–water partition coefficient (Wildman–Crippen LogP) is 9.67. The van der Waals surface area contributed by atoms with Crippen molar-refractivity contribution in [3.8, 4) is 22.4 Å². The standard InChI is InChI=1S/C33H33N3S/c1-3-10-22(11-4-1)24-15-9-16-25(31(24)23-12-5-2-6-13-23)26-18-19-30-33(27-14-7-8-17-29(27)37-30)32(26)28-20-21-34-36-35-28/h7-9,14-23H,1-6,10-13H2/i1D2,2D2,3D2,4D2,5D2,6D2,7D,8D,9D,10D,11D2,12D,13D2,14D,15D,16D,17D,18D,19D,22D,23D. The molecule has 0 bridgehead atoms. The average molecular weight is 533 g/mol. The fourth-order valence-corrected chi connectivity index (χ4v) is 5.13. The van der Waals surface area contributed by atoms with Crippen LogP contribution in [0.3, 0.4) is 0 Å². The first-order chi connectivity index (χ1) is 29.7. The van der Waals surface area contributed by atoms with Gasteiger partial charge in [-0.2, -0.15) is 0 Å². The van der Waals surface area contributed by atoms with E-state index in [4.69, 9.17) is 27.4 Å². The molecule has 2 heterocycles. The molecule has 0 spiro atoms. The van der Waals surface area contributed by atoms with Crippen LogP contribution in [0.2, 0.25) is 0 Å². The Labute approximate surface area is 263 Å². The Bertz CT molecular complexity index is 2920. The van der Waals surface area contributed by atoms with Crippen LogP contribution in [0.4, 0.5) is 0 Å². The van der Waals surface area contributed by atoms with E-state index in [1.54, 1.807) is 0 Å². The smallest absolute Gasteiger partial charge is 0.0976 e. The van der Waals surface area contributed by atoms with E-state index in [9.17, 15) is 12.3 Å². The fraction of sp³-hybridized carbons (Fsp3) is 0.364. The van der Waals surface area contributed by atoms with E-state index in [1.165, 1.54) is 0 Å². The summed E-state index contributed by atoms with van der Waals surface area (Å²) >= 11 is 0.557. The highest BCUT2D eigenvalue weighted by atomic mass is 32.1. The molecule has 4 unspecified atom stereocenters. The van der Waals surface area contributed by atoms with Gasteiger partial charge >= 0.3 is 0 Å². The summed E-state index contributed by atoms with van der Waals surface area (Å²) in [5.74, 6) is -8.64. The van der Waals surface area contributed by atoms with Gasteiger partial charge in [-0.25, -0.2) is 0 Å². The van der Waals surface area contributed by atoms with Crippen LogP contribution in [-0.2, 0) is 0 Å². The van der Waals surface area contributed by atoms with E-state index in [-0.39, 0.29) is 9.40 Å². The van der Waals surface area contributed by atoms with Crippen molar-refractivity contribution in [2.45, 2.75) is 75.6 Å². The summed E-state index contributed by atoms with van der Waals surface area (Å²) in [6, 6.07) is -8.74. The minimum Gasteiger partial charge on any atom is -0.139 e. The van der Waals surface area contributed by atoms with Crippen molar-refractivity contribution in [3.05, 3.63) is 77.8 Å². The zero-order valence-corrected chi connectivity index (χ0v) is 19.4. The maximum Gasteiger partial charge on any atom is 0.0976 e. The quantitative estimate of drug-likeness (QED) is 0.231. The molecule has 2 saturated carbocycles. The first-order valence-electron chi connectivity index (χ1n) is 25.5. The second-order valence-electron chi connectivity index (χ2n) is 7.67. The number of rotatable bonds is 4. The number of aromatic nitrogens is 3. The van der Waals surface area contributed by atoms with Gasteiger partial charge in [0, 0.05) is 53.2 Å². The molecule has 0 aliphatic heterocycles. The second-order valence-corrected chi connectivity index (χ2v) is 8.69. The van der Waals surface area contributed by atoms with Crippen LogP contribution in [0, 0.1) is 0 Å². The predicted molar refractivity (Wildman–Crippen MR) is 155 cm³/mol. The Morgan fingerprint density at radius 2 is 1.65 bits per heavy atom. The molecule has 37 heavy (non-hydrogen) atoms. The van der Waals surface area contributed by atoms with Crippen molar-refractivity contribution >= 4 is 31.5 Å². The molecule has 5 aromatic rings. The molecule has 2 fully saturated rings. The highest BCUT2D eigenvalue weighted by Gasteiger charge is 2.28.